The van der Waals surface area contributed by atoms with Crippen LogP contribution in [0.4, 0.5) is 4.79 Å². The summed E-state index contributed by atoms with van der Waals surface area (Å²) < 4.78 is 5.20. The minimum Gasteiger partial charge on any atom is -0.445 e. The van der Waals surface area contributed by atoms with Gasteiger partial charge < -0.3 is 10.1 Å². The normalized spacial score (nSPS) is 12.3. The predicted molar refractivity (Wildman–Crippen MR) is 131 cm³/mol. The maximum Gasteiger partial charge on any atom is 0.408 e. The van der Waals surface area contributed by atoms with E-state index in [0.29, 0.717) is 16.6 Å². The largest absolute Gasteiger partial charge is 0.445 e. The van der Waals surface area contributed by atoms with Crippen LogP contribution in [0.5, 0.6) is 0 Å². The summed E-state index contributed by atoms with van der Waals surface area (Å²) in [6.45, 7) is 8.17. The maximum absolute atomic E-state index is 12.7. The van der Waals surface area contributed by atoms with Gasteiger partial charge in [0.25, 0.3) is 0 Å². The van der Waals surface area contributed by atoms with Crippen molar-refractivity contribution in [2.45, 2.75) is 68.8 Å². The van der Waals surface area contributed by atoms with E-state index in [9.17, 15) is 9.59 Å². The van der Waals surface area contributed by atoms with E-state index in [-0.39, 0.29) is 24.3 Å². The summed E-state index contributed by atoms with van der Waals surface area (Å²) in [7, 11) is 0. The van der Waals surface area contributed by atoms with Crippen LogP contribution in [0.15, 0.2) is 58.6 Å². The molecule has 1 heterocycles. The molecule has 34 heavy (non-hydrogen) atoms. The number of nitrogens with one attached hydrogen (secondary N) is 1. The molecule has 0 spiro atoms. The van der Waals surface area contributed by atoms with Gasteiger partial charge >= 0.3 is 6.09 Å². The third-order valence-corrected chi connectivity index (χ3v) is 6.38. The van der Waals surface area contributed by atoms with Crippen LogP contribution in [0.25, 0.3) is 0 Å². The van der Waals surface area contributed by atoms with Gasteiger partial charge in [-0.3, -0.25) is 4.79 Å². The van der Waals surface area contributed by atoms with Crippen molar-refractivity contribution >= 4 is 35.2 Å². The summed E-state index contributed by atoms with van der Waals surface area (Å²) >= 11 is 7.71. The highest BCUT2D eigenvalue weighted by Gasteiger charge is 2.22. The monoisotopic (exact) mass is 501 g/mol. The van der Waals surface area contributed by atoms with Gasteiger partial charge in [-0.2, -0.15) is 4.80 Å². The van der Waals surface area contributed by atoms with Gasteiger partial charge in [0, 0.05) is 4.90 Å². The lowest BCUT2D eigenvalue weighted by Crippen LogP contribution is -2.42. The van der Waals surface area contributed by atoms with Crippen LogP contribution in [0.1, 0.15) is 45.2 Å². The van der Waals surface area contributed by atoms with Crippen LogP contribution in [0, 0.1) is 0 Å². The number of rotatable bonds is 9. The zero-order valence-electron chi connectivity index (χ0n) is 19.6. The van der Waals surface area contributed by atoms with Crippen LogP contribution in [0.3, 0.4) is 0 Å². The molecule has 8 nitrogen and oxygen atoms in total. The van der Waals surface area contributed by atoms with Crippen molar-refractivity contribution in [2.24, 2.45) is 0 Å². The molecule has 0 aliphatic rings. The van der Waals surface area contributed by atoms with E-state index in [2.05, 4.69) is 41.5 Å². The number of ketones is 1. The molecular weight excluding hydrogens is 474 g/mol. The molecule has 180 valence electrons. The number of hydrogen-bond donors (Lipinski definition) is 1. The molecule has 1 atom stereocenters. The molecule has 10 heteroatoms. The third kappa shape index (κ3) is 7.30. The average Bonchev–Trinajstić information content (AvgIpc) is 3.24. The Morgan fingerprint density at radius 1 is 1.18 bits per heavy atom. The summed E-state index contributed by atoms with van der Waals surface area (Å²) in [6, 6.07) is 14.5. The number of alkyl carbamates (subject to hydrolysis) is 1. The quantitative estimate of drug-likeness (QED) is 0.438. The zero-order chi connectivity index (χ0) is 24.7. The lowest BCUT2D eigenvalue weighted by Gasteiger charge is -2.19. The smallest absolute Gasteiger partial charge is 0.408 e. The minimum absolute atomic E-state index is 0.00753. The number of halogens is 1. The molecule has 0 fully saturated rings. The molecule has 1 N–H and O–H groups in total. The maximum atomic E-state index is 12.7. The lowest BCUT2D eigenvalue weighted by atomic mass is 9.87. The Labute approximate surface area is 208 Å². The molecule has 0 saturated carbocycles. The molecule has 1 unspecified atom stereocenters. The summed E-state index contributed by atoms with van der Waals surface area (Å²) in [4.78, 5) is 26.8. The van der Waals surface area contributed by atoms with Crippen molar-refractivity contribution in [2.75, 3.05) is 0 Å². The van der Waals surface area contributed by atoms with Crippen molar-refractivity contribution in [3.05, 3.63) is 64.7 Å². The fraction of sp³-hybridized carbons (Fsp3) is 0.375. The molecule has 3 aromatic rings. The topological polar surface area (TPSA) is 99.0 Å². The molecule has 1 amide bonds. The summed E-state index contributed by atoms with van der Waals surface area (Å²) in [5, 5.41) is 15.8. The Bertz CT molecular complexity index is 1130. The van der Waals surface area contributed by atoms with Gasteiger partial charge in [-0.05, 0) is 52.1 Å². The third-order valence-electron chi connectivity index (χ3n) is 5.03. The molecule has 0 aliphatic carbocycles. The zero-order valence-corrected chi connectivity index (χ0v) is 21.2. The number of benzene rings is 2. The Morgan fingerprint density at radius 3 is 2.56 bits per heavy atom. The Balaban J connectivity index is 1.54. The highest BCUT2D eigenvalue weighted by molar-refractivity contribution is 7.99. The number of nitrogens with zero attached hydrogens (tertiary/aromatic N) is 4. The second-order valence-electron chi connectivity index (χ2n) is 8.73. The summed E-state index contributed by atoms with van der Waals surface area (Å²) in [5.74, 6) is -0.249. The molecule has 1 aromatic heterocycles. The fourth-order valence-electron chi connectivity index (χ4n) is 3.05. The highest BCUT2D eigenvalue weighted by atomic mass is 35.5. The molecular formula is C24H28ClN5O3S. The van der Waals surface area contributed by atoms with Crippen molar-refractivity contribution in [1.82, 2.24) is 25.5 Å². The van der Waals surface area contributed by atoms with E-state index in [1.807, 2.05) is 48.5 Å². The van der Waals surface area contributed by atoms with Crippen LogP contribution < -0.4 is 5.32 Å². The van der Waals surface area contributed by atoms with E-state index in [4.69, 9.17) is 16.3 Å². The first-order valence-corrected chi connectivity index (χ1v) is 12.1. The summed E-state index contributed by atoms with van der Waals surface area (Å²) in [5.41, 5.74) is 1.98. The standard InChI is InChI=1S/C24H28ClN5O3S/c1-5-19(26-23(32)33-15-16-9-7-6-8-10-16)20(31)14-30-28-22(27-29-30)34-21-12-11-17(13-18(21)25)24(2,3)4/h6-13,19H,5,14-15H2,1-4H3,(H,26,32). The van der Waals surface area contributed by atoms with E-state index in [1.54, 1.807) is 6.92 Å². The number of tetrazole rings is 1. The minimum atomic E-state index is -0.718. The SMILES string of the molecule is CCC(NC(=O)OCc1ccccc1)C(=O)Cn1nnc(Sc2ccc(C(C)(C)C)cc2Cl)n1. The Morgan fingerprint density at radius 2 is 1.91 bits per heavy atom. The van der Waals surface area contributed by atoms with Crippen molar-refractivity contribution in [1.29, 1.82) is 0 Å². The van der Waals surface area contributed by atoms with E-state index in [1.165, 1.54) is 16.6 Å². The number of Topliss-reactive ketones (excluding diaryl/α,β-unsaturated/α-hetero) is 1. The second-order valence-corrected chi connectivity index (χ2v) is 10.1. The second kappa shape index (κ2) is 11.5. The highest BCUT2D eigenvalue weighted by Crippen LogP contribution is 2.34. The number of carbonyl (C=O) groups excluding carboxylic acids is 2. The Kier molecular flexibility index (Phi) is 8.68. The molecule has 0 radical (unpaired) electrons. The number of hydrogen-bond acceptors (Lipinski definition) is 7. The summed E-state index contributed by atoms with van der Waals surface area (Å²) in [6.07, 6.45) is -0.245. The van der Waals surface area contributed by atoms with E-state index < -0.39 is 12.1 Å². The number of ether oxygens (including phenoxy) is 1. The van der Waals surface area contributed by atoms with Crippen LogP contribution in [0.2, 0.25) is 5.02 Å². The first-order valence-electron chi connectivity index (χ1n) is 10.9. The van der Waals surface area contributed by atoms with Crippen LogP contribution in [-0.4, -0.2) is 38.1 Å². The van der Waals surface area contributed by atoms with E-state index in [0.717, 1.165) is 16.0 Å². The molecule has 0 saturated heterocycles. The Hall–Kier alpha value is -2.91. The molecule has 2 aromatic carbocycles. The number of amides is 1. The molecule has 0 aliphatic heterocycles. The molecule has 0 bridgehead atoms. The van der Waals surface area contributed by atoms with Gasteiger partial charge in [0.15, 0.2) is 5.78 Å². The van der Waals surface area contributed by atoms with Crippen LogP contribution in [-0.2, 0) is 28.1 Å². The van der Waals surface area contributed by atoms with Crippen molar-refractivity contribution < 1.29 is 14.3 Å². The fourth-order valence-corrected chi connectivity index (χ4v) is 4.05. The molecule has 3 rings (SSSR count). The lowest BCUT2D eigenvalue weighted by molar-refractivity contribution is -0.122. The van der Waals surface area contributed by atoms with Crippen molar-refractivity contribution in [3.8, 4) is 0 Å². The van der Waals surface area contributed by atoms with Gasteiger partial charge in [0.05, 0.1) is 11.1 Å². The van der Waals surface area contributed by atoms with Gasteiger partial charge in [-0.15, -0.1) is 10.2 Å². The van der Waals surface area contributed by atoms with Crippen LogP contribution >= 0.6 is 23.4 Å². The van der Waals surface area contributed by atoms with Gasteiger partial charge in [0.1, 0.15) is 13.2 Å². The number of aromatic nitrogens is 4. The van der Waals surface area contributed by atoms with Gasteiger partial charge in [0.2, 0.25) is 5.16 Å². The van der Waals surface area contributed by atoms with Gasteiger partial charge in [-0.25, -0.2) is 4.79 Å². The first-order chi connectivity index (χ1) is 16.2. The van der Waals surface area contributed by atoms with E-state index >= 15 is 0 Å². The van der Waals surface area contributed by atoms with Gasteiger partial charge in [-0.1, -0.05) is 75.7 Å². The number of carbonyl (C=O) groups is 2. The average molecular weight is 502 g/mol. The first kappa shape index (κ1) is 25.7. The predicted octanol–water partition coefficient (Wildman–Crippen LogP) is 5.05. The van der Waals surface area contributed by atoms with Crippen molar-refractivity contribution in [3.63, 3.8) is 0 Å².